The summed E-state index contributed by atoms with van der Waals surface area (Å²) >= 11 is 0. The minimum Gasteiger partial charge on any atom is -0.454 e. The average molecular weight is 505 g/mol. The Morgan fingerprint density at radius 1 is 1.03 bits per heavy atom. The molecule has 194 valence electrons. The summed E-state index contributed by atoms with van der Waals surface area (Å²) < 4.78 is 12.6. The molecule has 4 heterocycles. The van der Waals surface area contributed by atoms with E-state index in [-0.39, 0.29) is 24.1 Å². The number of anilines is 1. The van der Waals surface area contributed by atoms with Gasteiger partial charge in [0.1, 0.15) is 11.5 Å². The van der Waals surface area contributed by atoms with Gasteiger partial charge >= 0.3 is 0 Å². The highest BCUT2D eigenvalue weighted by molar-refractivity contribution is 5.99. The number of nitrogens with zero attached hydrogens (tertiary/aromatic N) is 5. The molecule has 0 aliphatic carbocycles. The van der Waals surface area contributed by atoms with Gasteiger partial charge in [0.2, 0.25) is 6.79 Å². The lowest BCUT2D eigenvalue weighted by atomic mass is 10.1. The van der Waals surface area contributed by atoms with Gasteiger partial charge in [0.15, 0.2) is 11.5 Å². The Balaban J connectivity index is 1.24. The van der Waals surface area contributed by atoms with Crippen LogP contribution in [0.5, 0.6) is 11.5 Å². The molecule has 1 N–H and O–H groups in total. The van der Waals surface area contributed by atoms with Crippen LogP contribution in [-0.2, 0) is 12.1 Å². The predicted molar refractivity (Wildman–Crippen MR) is 138 cm³/mol. The maximum Gasteiger partial charge on any atom is 0.272 e. The molecule has 10 heteroatoms. The molecule has 1 aromatic carbocycles. The van der Waals surface area contributed by atoms with Crippen molar-refractivity contribution in [2.45, 2.75) is 39.8 Å². The fourth-order valence-electron chi connectivity index (χ4n) is 4.60. The number of rotatable bonds is 5. The van der Waals surface area contributed by atoms with Crippen molar-refractivity contribution in [3.05, 3.63) is 65.1 Å². The number of carbonyl (C=O) groups excluding carboxylic acids is 2. The number of hydrogen-bond acceptors (Lipinski definition) is 7. The molecule has 0 atom stereocenters. The van der Waals surface area contributed by atoms with E-state index >= 15 is 0 Å². The molecule has 3 aromatic rings. The van der Waals surface area contributed by atoms with Gasteiger partial charge in [-0.05, 0) is 63.6 Å². The van der Waals surface area contributed by atoms with Crippen LogP contribution in [0, 0.1) is 6.92 Å². The fourth-order valence-corrected chi connectivity index (χ4v) is 4.60. The molecule has 0 spiro atoms. The molecule has 5 rings (SSSR count). The largest absolute Gasteiger partial charge is 0.454 e. The third-order valence-electron chi connectivity index (χ3n) is 6.47. The minimum absolute atomic E-state index is 0.0297. The van der Waals surface area contributed by atoms with E-state index in [0.29, 0.717) is 61.3 Å². The summed E-state index contributed by atoms with van der Waals surface area (Å²) in [4.78, 5) is 34.9. The summed E-state index contributed by atoms with van der Waals surface area (Å²) in [5.41, 5.74) is 2.55. The monoisotopic (exact) mass is 504 g/mol. The summed E-state index contributed by atoms with van der Waals surface area (Å²) in [7, 11) is 0. The van der Waals surface area contributed by atoms with E-state index in [9.17, 15) is 9.59 Å². The Bertz CT molecular complexity index is 1320. The Hall–Kier alpha value is -4.08. The SMILES string of the molecule is Cc1cc(C(=O)N2CCN(c3ncccc3C(=O)NCc3ccc4c(c3)OCO4)CC2)n(C(C)(C)C)n1. The van der Waals surface area contributed by atoms with Gasteiger partial charge < -0.3 is 24.6 Å². The van der Waals surface area contributed by atoms with Crippen LogP contribution in [0.25, 0.3) is 0 Å². The standard InChI is InChI=1S/C27H32N6O4/c1-18-14-21(33(30-18)27(2,3)4)26(35)32-12-10-31(11-13-32)24-20(6-5-9-28-24)25(34)29-16-19-7-8-22-23(15-19)37-17-36-22/h5-9,14-15H,10-13,16-17H2,1-4H3,(H,29,34). The van der Waals surface area contributed by atoms with E-state index in [2.05, 4.69) is 20.3 Å². The van der Waals surface area contributed by atoms with Crippen LogP contribution in [0.2, 0.25) is 0 Å². The molecule has 0 bridgehead atoms. The number of benzene rings is 1. The predicted octanol–water partition coefficient (Wildman–Crippen LogP) is 2.96. The van der Waals surface area contributed by atoms with Crippen LogP contribution >= 0.6 is 0 Å². The molecule has 1 saturated heterocycles. The van der Waals surface area contributed by atoms with Gasteiger partial charge in [-0.1, -0.05) is 6.07 Å². The highest BCUT2D eigenvalue weighted by Gasteiger charge is 2.30. The zero-order valence-electron chi connectivity index (χ0n) is 21.7. The Labute approximate surface area is 216 Å². The second-order valence-corrected chi connectivity index (χ2v) is 10.3. The first-order valence-electron chi connectivity index (χ1n) is 12.4. The van der Waals surface area contributed by atoms with E-state index in [0.717, 1.165) is 11.3 Å². The summed E-state index contributed by atoms with van der Waals surface area (Å²) in [5.74, 6) is 1.78. The highest BCUT2D eigenvalue weighted by Crippen LogP contribution is 2.32. The normalized spacial score (nSPS) is 15.1. The molecule has 2 aromatic heterocycles. The van der Waals surface area contributed by atoms with Crippen molar-refractivity contribution in [1.29, 1.82) is 0 Å². The van der Waals surface area contributed by atoms with E-state index in [1.54, 1.807) is 23.0 Å². The minimum atomic E-state index is -0.294. The van der Waals surface area contributed by atoms with E-state index in [4.69, 9.17) is 9.47 Å². The molecule has 2 aliphatic heterocycles. The second kappa shape index (κ2) is 9.76. The number of ether oxygens (including phenoxy) is 2. The molecular formula is C27H32N6O4. The van der Waals surface area contributed by atoms with Crippen LogP contribution in [0.4, 0.5) is 5.82 Å². The zero-order chi connectivity index (χ0) is 26.2. The van der Waals surface area contributed by atoms with Crippen molar-refractivity contribution in [2.24, 2.45) is 0 Å². The van der Waals surface area contributed by atoms with Crippen LogP contribution < -0.4 is 19.7 Å². The average Bonchev–Trinajstić information content (AvgIpc) is 3.53. The summed E-state index contributed by atoms with van der Waals surface area (Å²) in [6, 6.07) is 11.0. The lowest BCUT2D eigenvalue weighted by molar-refractivity contribution is 0.0725. The van der Waals surface area contributed by atoms with Gasteiger partial charge in [-0.3, -0.25) is 14.3 Å². The van der Waals surface area contributed by atoms with Crippen molar-refractivity contribution in [2.75, 3.05) is 37.9 Å². The van der Waals surface area contributed by atoms with E-state index < -0.39 is 0 Å². The number of piperazine rings is 1. The maximum absolute atomic E-state index is 13.3. The van der Waals surface area contributed by atoms with Crippen LogP contribution in [-0.4, -0.2) is 64.5 Å². The number of aromatic nitrogens is 3. The maximum atomic E-state index is 13.3. The number of fused-ring (bicyclic) bond motifs is 1. The van der Waals surface area contributed by atoms with Crippen molar-refractivity contribution < 1.29 is 19.1 Å². The van der Waals surface area contributed by atoms with E-state index in [1.165, 1.54) is 0 Å². The van der Waals surface area contributed by atoms with Gasteiger partial charge in [0.05, 0.1) is 16.8 Å². The molecule has 0 saturated carbocycles. The molecule has 37 heavy (non-hydrogen) atoms. The zero-order valence-corrected chi connectivity index (χ0v) is 21.7. The first-order valence-corrected chi connectivity index (χ1v) is 12.4. The van der Waals surface area contributed by atoms with Crippen molar-refractivity contribution in [3.8, 4) is 11.5 Å². The Morgan fingerprint density at radius 3 is 2.54 bits per heavy atom. The summed E-state index contributed by atoms with van der Waals surface area (Å²) in [5, 5.41) is 7.52. The van der Waals surface area contributed by atoms with Gasteiger partial charge in [0.25, 0.3) is 11.8 Å². The van der Waals surface area contributed by atoms with Crippen molar-refractivity contribution in [3.63, 3.8) is 0 Å². The lowest BCUT2D eigenvalue weighted by Crippen LogP contribution is -2.50. The smallest absolute Gasteiger partial charge is 0.272 e. The molecule has 2 aliphatic rings. The number of amides is 2. The first kappa shape index (κ1) is 24.6. The summed E-state index contributed by atoms with van der Waals surface area (Å²) in [6.45, 7) is 10.8. The van der Waals surface area contributed by atoms with Gasteiger partial charge in [-0.15, -0.1) is 0 Å². The number of pyridine rings is 1. The first-order chi connectivity index (χ1) is 17.7. The molecule has 0 radical (unpaired) electrons. The summed E-state index contributed by atoms with van der Waals surface area (Å²) in [6.07, 6.45) is 1.69. The Kier molecular flexibility index (Phi) is 6.49. The highest BCUT2D eigenvalue weighted by atomic mass is 16.7. The fraction of sp³-hybridized carbons (Fsp3) is 0.407. The molecule has 0 unspecified atom stereocenters. The van der Waals surface area contributed by atoms with Gasteiger partial charge in [-0.2, -0.15) is 5.10 Å². The van der Waals surface area contributed by atoms with Gasteiger partial charge in [0, 0.05) is 38.9 Å². The molecule has 2 amide bonds. The number of aryl methyl sites for hydroxylation is 1. The Morgan fingerprint density at radius 2 is 1.78 bits per heavy atom. The lowest BCUT2D eigenvalue weighted by Gasteiger charge is -2.36. The quantitative estimate of drug-likeness (QED) is 0.570. The molecular weight excluding hydrogens is 472 g/mol. The third kappa shape index (κ3) is 5.09. The topological polar surface area (TPSA) is 102 Å². The molecule has 10 nitrogen and oxygen atoms in total. The number of nitrogens with one attached hydrogen (secondary N) is 1. The van der Waals surface area contributed by atoms with Crippen molar-refractivity contribution >= 4 is 17.6 Å². The van der Waals surface area contributed by atoms with Crippen LogP contribution in [0.15, 0.2) is 42.6 Å². The van der Waals surface area contributed by atoms with Crippen LogP contribution in [0.3, 0.4) is 0 Å². The van der Waals surface area contributed by atoms with E-state index in [1.807, 2.05) is 56.9 Å². The van der Waals surface area contributed by atoms with Gasteiger partial charge in [-0.25, -0.2) is 4.98 Å². The van der Waals surface area contributed by atoms with Crippen molar-refractivity contribution in [1.82, 2.24) is 25.0 Å². The molecule has 1 fully saturated rings. The van der Waals surface area contributed by atoms with Crippen LogP contribution in [0.1, 0.15) is 52.9 Å². The number of hydrogen-bond donors (Lipinski definition) is 1. The second-order valence-electron chi connectivity index (χ2n) is 10.3. The number of carbonyl (C=O) groups is 2. The third-order valence-corrected chi connectivity index (χ3v) is 6.47.